The molecule has 0 saturated carbocycles. The summed E-state index contributed by atoms with van der Waals surface area (Å²) in [6, 6.07) is 52.0. The van der Waals surface area contributed by atoms with Crippen LogP contribution in [-0.4, -0.2) is 18.3 Å². The Bertz CT molecular complexity index is 2550. The normalized spacial score (nSPS) is 11.7. The Kier molecular flexibility index (Phi) is 15.4. The summed E-state index contributed by atoms with van der Waals surface area (Å²) < 4.78 is 0. The van der Waals surface area contributed by atoms with Gasteiger partial charge in [-0.05, 0) is 71.9 Å². The summed E-state index contributed by atoms with van der Waals surface area (Å²) in [6.07, 6.45) is 2.11. The van der Waals surface area contributed by atoms with Crippen molar-refractivity contribution in [1.29, 1.82) is 0 Å². The summed E-state index contributed by atoms with van der Waals surface area (Å²) in [4.78, 5) is 0. The summed E-state index contributed by atoms with van der Waals surface area (Å²) in [6.45, 7) is 26.5. The Morgan fingerprint density at radius 2 is 0.839 bits per heavy atom. The molecule has 0 amide bonds. The van der Waals surface area contributed by atoms with Gasteiger partial charge in [-0.3, -0.25) is 0 Å². The molecular formula is C58H66O2SiZr. The van der Waals surface area contributed by atoms with E-state index in [2.05, 4.69) is 178 Å². The van der Waals surface area contributed by atoms with Crippen molar-refractivity contribution in [3.8, 4) is 33.8 Å². The number of phenolic OH excluding ortho intramolecular Hbond substituents is 2. The molecule has 8 aromatic carbocycles. The van der Waals surface area contributed by atoms with Crippen LogP contribution < -0.4 is 10.4 Å². The zero-order valence-corrected chi connectivity index (χ0v) is 42.6. The predicted octanol–water partition coefficient (Wildman–Crippen LogP) is 14.7. The third-order valence-electron chi connectivity index (χ3n) is 12.1. The average molecular weight is 914 g/mol. The maximum atomic E-state index is 9.57. The van der Waals surface area contributed by atoms with Crippen LogP contribution in [0.5, 0.6) is 11.5 Å². The molecule has 0 aliphatic heterocycles. The minimum Gasteiger partial charge on any atom is -0.508 e. The molecule has 0 fully saturated rings. The van der Waals surface area contributed by atoms with Gasteiger partial charge >= 0.3 is 26.2 Å². The molecule has 0 spiro atoms. The molecule has 8 rings (SSSR count). The van der Waals surface area contributed by atoms with Gasteiger partial charge in [-0.15, -0.1) is 69.1 Å². The molecule has 0 radical (unpaired) electrons. The average Bonchev–Trinajstić information content (AvgIpc) is 3.83. The summed E-state index contributed by atoms with van der Waals surface area (Å²) >= 11 is 0. The molecule has 2 N–H and O–H groups in total. The van der Waals surface area contributed by atoms with Crippen LogP contribution in [0.25, 0.3) is 43.8 Å². The fraction of sp³-hybridized carbons (Fsp3) is 0.276. The van der Waals surface area contributed by atoms with E-state index in [4.69, 9.17) is 0 Å². The van der Waals surface area contributed by atoms with Crippen molar-refractivity contribution in [2.24, 2.45) is 0 Å². The van der Waals surface area contributed by atoms with Crippen LogP contribution in [0.3, 0.4) is 0 Å². The van der Waals surface area contributed by atoms with Gasteiger partial charge in [0, 0.05) is 8.07 Å². The molecule has 0 aliphatic carbocycles. The number of aromatic hydroxyl groups is 2. The van der Waals surface area contributed by atoms with Gasteiger partial charge in [-0.2, -0.15) is 10.4 Å². The standard InChI is InChI=1S/C36H34Si.2C11H16O.Zr/c1-5-25-23-29-19-13-21-31(27-15-9-7-10-16-27)33(29)35(25)37(3,4)36-26(6-2)24-30-20-14-22-32(34(30)36)28-17-11-8-12-18-28;2*1-8-5-6-10(12)9(7-8)11(2,3)4;/h7-24H,5-6H2,1-4H3;2*5-7,12H,1-4H3;/q-2;;;+2. The fourth-order valence-corrected chi connectivity index (χ4v) is 13.3. The minimum atomic E-state index is -2.14. The van der Waals surface area contributed by atoms with Crippen LogP contribution in [0.1, 0.15) is 88.8 Å². The van der Waals surface area contributed by atoms with E-state index in [1.54, 1.807) is 22.5 Å². The Morgan fingerprint density at radius 1 is 0.484 bits per heavy atom. The minimum absolute atomic E-state index is 0. The van der Waals surface area contributed by atoms with Gasteiger partial charge in [0.05, 0.1) is 0 Å². The summed E-state index contributed by atoms with van der Waals surface area (Å²) in [5, 5.41) is 28.1. The monoisotopic (exact) mass is 912 g/mol. The Labute approximate surface area is 392 Å². The van der Waals surface area contributed by atoms with Gasteiger partial charge in [-0.1, -0.05) is 188 Å². The Morgan fingerprint density at radius 3 is 1.15 bits per heavy atom. The van der Waals surface area contributed by atoms with E-state index < -0.39 is 8.07 Å². The van der Waals surface area contributed by atoms with Crippen molar-refractivity contribution < 1.29 is 36.4 Å². The fourth-order valence-electron chi connectivity index (χ4n) is 9.11. The van der Waals surface area contributed by atoms with Crippen molar-refractivity contribution in [2.75, 3.05) is 0 Å². The molecule has 0 aliphatic rings. The first-order chi connectivity index (χ1) is 28.9. The van der Waals surface area contributed by atoms with E-state index in [-0.39, 0.29) is 37.0 Å². The second-order valence-corrected chi connectivity index (χ2v) is 23.5. The van der Waals surface area contributed by atoms with Crippen LogP contribution >= 0.6 is 0 Å². The molecule has 0 bridgehead atoms. The van der Waals surface area contributed by atoms with Crippen molar-refractivity contribution in [1.82, 2.24) is 0 Å². The van der Waals surface area contributed by atoms with Crippen LogP contribution in [0.2, 0.25) is 13.1 Å². The maximum Gasteiger partial charge on any atom is 2.00 e. The summed E-state index contributed by atoms with van der Waals surface area (Å²) in [5.41, 5.74) is 12.8. The molecule has 0 heterocycles. The van der Waals surface area contributed by atoms with Crippen molar-refractivity contribution in [2.45, 2.75) is 106 Å². The summed E-state index contributed by atoms with van der Waals surface area (Å²) in [7, 11) is -2.14. The number of fused-ring (bicyclic) bond motifs is 2. The van der Waals surface area contributed by atoms with Crippen molar-refractivity contribution in [3.63, 3.8) is 0 Å². The molecule has 0 aromatic heterocycles. The van der Waals surface area contributed by atoms with E-state index >= 15 is 0 Å². The molecule has 2 nitrogen and oxygen atoms in total. The molecule has 8 aromatic rings. The summed E-state index contributed by atoms with van der Waals surface area (Å²) in [5.74, 6) is 0.793. The number of hydrogen-bond acceptors (Lipinski definition) is 2. The molecule has 4 heteroatoms. The second-order valence-electron chi connectivity index (χ2n) is 19.2. The number of rotatable bonds is 6. The molecule has 318 valence electrons. The first-order valence-electron chi connectivity index (χ1n) is 22.0. The van der Waals surface area contributed by atoms with E-state index in [1.807, 2.05) is 38.1 Å². The maximum absolute atomic E-state index is 9.57. The number of phenols is 2. The zero-order valence-electron chi connectivity index (χ0n) is 39.2. The van der Waals surface area contributed by atoms with Gasteiger partial charge in [-0.25, -0.2) is 0 Å². The van der Waals surface area contributed by atoms with Gasteiger partial charge < -0.3 is 10.2 Å². The van der Waals surface area contributed by atoms with E-state index in [9.17, 15) is 10.2 Å². The SMILES string of the molecule is CCc1[cH-]c2cccc(-c3ccccc3)c2c1[Si](C)(C)c1c(CC)[cH-]c2cccc(-c3ccccc3)c12.Cc1ccc(O)c(C(C)(C)C)c1.Cc1ccc(O)c(C(C)(C)C)c1.[Zr+2]. The van der Waals surface area contributed by atoms with E-state index in [0.29, 0.717) is 11.5 Å². The van der Waals surface area contributed by atoms with Gasteiger partial charge in [0.15, 0.2) is 0 Å². The van der Waals surface area contributed by atoms with Crippen LogP contribution in [-0.2, 0) is 49.9 Å². The topological polar surface area (TPSA) is 40.5 Å². The predicted molar refractivity (Wildman–Crippen MR) is 269 cm³/mol. The number of aryl methyl sites for hydroxylation is 4. The van der Waals surface area contributed by atoms with Crippen molar-refractivity contribution >= 4 is 40.0 Å². The molecule has 0 atom stereocenters. The first kappa shape index (κ1) is 48.3. The molecular weight excluding hydrogens is 848 g/mol. The largest absolute Gasteiger partial charge is 2.00 e. The molecule has 0 unspecified atom stereocenters. The van der Waals surface area contributed by atoms with Crippen LogP contribution in [0.15, 0.2) is 146 Å². The second kappa shape index (κ2) is 19.7. The van der Waals surface area contributed by atoms with Crippen molar-refractivity contribution in [3.05, 3.63) is 179 Å². The van der Waals surface area contributed by atoms with Gasteiger partial charge in [0.1, 0.15) is 11.5 Å². The van der Waals surface area contributed by atoms with E-state index in [0.717, 1.165) is 24.0 Å². The van der Waals surface area contributed by atoms with Gasteiger partial charge in [0.2, 0.25) is 0 Å². The Balaban J connectivity index is 0.000000238. The zero-order chi connectivity index (χ0) is 44.3. The first-order valence-corrected chi connectivity index (χ1v) is 25.0. The van der Waals surface area contributed by atoms with Gasteiger partial charge in [0.25, 0.3) is 0 Å². The quantitative estimate of drug-likeness (QED) is 0.129. The number of hydrogen-bond donors (Lipinski definition) is 2. The van der Waals surface area contributed by atoms with E-state index in [1.165, 1.54) is 66.1 Å². The molecule has 62 heavy (non-hydrogen) atoms. The third-order valence-corrected chi connectivity index (χ3v) is 15.7. The third kappa shape index (κ3) is 10.4. The molecule has 0 saturated heterocycles. The number of benzene rings is 6. The van der Waals surface area contributed by atoms with Crippen LogP contribution in [0.4, 0.5) is 0 Å². The Hall–Kier alpha value is -4.76. The van der Waals surface area contributed by atoms with Crippen LogP contribution in [0, 0.1) is 13.8 Å². The smallest absolute Gasteiger partial charge is 0.508 e.